The first kappa shape index (κ1) is 20.2. The molecule has 1 N–H and O–H groups in total. The second-order valence-electron chi connectivity index (χ2n) is 9.87. The number of nitrogens with zero attached hydrogens (tertiary/aromatic N) is 2. The Bertz CT molecular complexity index is 1040. The van der Waals surface area contributed by atoms with Gasteiger partial charge in [-0.1, -0.05) is 26.8 Å². The number of fused-ring (bicyclic) bond motifs is 2. The lowest BCUT2D eigenvalue weighted by atomic mass is 9.65. The minimum absolute atomic E-state index is 0.0704. The Labute approximate surface area is 177 Å². The van der Waals surface area contributed by atoms with Gasteiger partial charge in [0.2, 0.25) is 0 Å². The molecule has 1 saturated carbocycles. The molecule has 2 fully saturated rings. The van der Waals surface area contributed by atoms with E-state index in [0.29, 0.717) is 28.4 Å². The number of rotatable bonds is 3. The fourth-order valence-corrected chi connectivity index (χ4v) is 5.49. The molecule has 5 nitrogen and oxygen atoms in total. The lowest BCUT2D eigenvalue weighted by Crippen LogP contribution is -2.37. The van der Waals surface area contributed by atoms with Crippen LogP contribution < -0.4 is 5.32 Å². The van der Waals surface area contributed by atoms with E-state index in [1.807, 2.05) is 6.07 Å². The fraction of sp³-hybridized carbons (Fsp3) is 0.400. The zero-order valence-corrected chi connectivity index (χ0v) is 17.7. The molecule has 2 bridgehead atoms. The first-order valence-corrected chi connectivity index (χ1v) is 10.4. The third kappa shape index (κ3) is 3.95. The Morgan fingerprint density at radius 1 is 1.07 bits per heavy atom. The Morgan fingerprint density at radius 3 is 2.50 bits per heavy atom. The molecular formula is C25H27N3O2. The number of carbonyl (C=O) groups is 2. The highest BCUT2D eigenvalue weighted by molar-refractivity contribution is 6.04. The van der Waals surface area contributed by atoms with Gasteiger partial charge < -0.3 is 10.2 Å². The second-order valence-corrected chi connectivity index (χ2v) is 9.87. The van der Waals surface area contributed by atoms with Crippen molar-refractivity contribution in [1.82, 2.24) is 4.90 Å². The number of nitriles is 1. The van der Waals surface area contributed by atoms with E-state index in [4.69, 9.17) is 5.26 Å². The molecule has 2 atom stereocenters. The van der Waals surface area contributed by atoms with Crippen LogP contribution in [0.25, 0.3) is 0 Å². The van der Waals surface area contributed by atoms with Gasteiger partial charge in [-0.2, -0.15) is 5.26 Å². The molecule has 4 rings (SSSR count). The van der Waals surface area contributed by atoms with Gasteiger partial charge >= 0.3 is 0 Å². The Hall–Kier alpha value is -3.13. The highest BCUT2D eigenvalue weighted by Crippen LogP contribution is 2.52. The average Bonchev–Trinajstić information content (AvgIpc) is 2.96. The van der Waals surface area contributed by atoms with E-state index < -0.39 is 0 Å². The molecule has 2 aliphatic rings. The summed E-state index contributed by atoms with van der Waals surface area (Å²) in [7, 11) is 0. The third-order valence-corrected chi connectivity index (χ3v) is 6.32. The van der Waals surface area contributed by atoms with Crippen molar-refractivity contribution in [1.29, 1.82) is 5.26 Å². The number of amides is 2. The van der Waals surface area contributed by atoms with Gasteiger partial charge in [-0.3, -0.25) is 9.59 Å². The predicted octanol–water partition coefficient (Wildman–Crippen LogP) is 4.85. The Balaban J connectivity index is 1.45. The van der Waals surface area contributed by atoms with Crippen molar-refractivity contribution < 1.29 is 9.59 Å². The quantitative estimate of drug-likeness (QED) is 0.799. The van der Waals surface area contributed by atoms with E-state index in [2.05, 4.69) is 31.0 Å². The second kappa shape index (κ2) is 7.28. The molecule has 2 aromatic rings. The number of nitrogens with one attached hydrogen (secondary N) is 1. The highest BCUT2D eigenvalue weighted by atomic mass is 16.2. The van der Waals surface area contributed by atoms with Gasteiger partial charge in [0.25, 0.3) is 11.8 Å². The monoisotopic (exact) mass is 401 g/mol. The van der Waals surface area contributed by atoms with Crippen molar-refractivity contribution in [2.45, 2.75) is 46.1 Å². The summed E-state index contributed by atoms with van der Waals surface area (Å²) >= 11 is 0. The van der Waals surface area contributed by atoms with Gasteiger partial charge in [0.05, 0.1) is 11.6 Å². The number of anilines is 1. The molecule has 2 aromatic carbocycles. The molecule has 0 aromatic heterocycles. The van der Waals surface area contributed by atoms with E-state index in [1.54, 1.807) is 48.5 Å². The molecule has 1 heterocycles. The molecule has 2 unspecified atom stereocenters. The zero-order valence-electron chi connectivity index (χ0n) is 17.7. The summed E-state index contributed by atoms with van der Waals surface area (Å²) < 4.78 is 0. The van der Waals surface area contributed by atoms with E-state index in [9.17, 15) is 9.59 Å². The number of hydrogen-bond donors (Lipinski definition) is 1. The first-order chi connectivity index (χ1) is 14.2. The van der Waals surface area contributed by atoms with Crippen LogP contribution in [0.15, 0.2) is 48.5 Å². The van der Waals surface area contributed by atoms with Crippen LogP contribution in [0, 0.1) is 22.2 Å². The molecule has 1 aliphatic heterocycles. The van der Waals surface area contributed by atoms with Crippen LogP contribution in [0.4, 0.5) is 5.69 Å². The molecule has 0 spiro atoms. The number of carbonyl (C=O) groups excluding carboxylic acids is 2. The Morgan fingerprint density at radius 2 is 1.80 bits per heavy atom. The smallest absolute Gasteiger partial charge is 0.255 e. The van der Waals surface area contributed by atoms with Gasteiger partial charge in [-0.25, -0.2) is 0 Å². The maximum atomic E-state index is 13.2. The number of benzene rings is 2. The number of hydrogen-bond acceptors (Lipinski definition) is 3. The van der Waals surface area contributed by atoms with Crippen LogP contribution >= 0.6 is 0 Å². The Kier molecular flexibility index (Phi) is 4.89. The van der Waals surface area contributed by atoms with Crippen LogP contribution in [0.2, 0.25) is 0 Å². The van der Waals surface area contributed by atoms with Crippen LogP contribution in [0.1, 0.15) is 66.3 Å². The largest absolute Gasteiger partial charge is 0.335 e. The molecule has 5 heteroatoms. The molecule has 2 amide bonds. The van der Waals surface area contributed by atoms with Crippen molar-refractivity contribution >= 4 is 17.5 Å². The maximum Gasteiger partial charge on any atom is 0.255 e. The molecule has 154 valence electrons. The van der Waals surface area contributed by atoms with Crippen molar-refractivity contribution in [2.75, 3.05) is 11.9 Å². The summed E-state index contributed by atoms with van der Waals surface area (Å²) in [5.41, 5.74) is 2.60. The van der Waals surface area contributed by atoms with Crippen LogP contribution in [-0.4, -0.2) is 29.3 Å². The lowest BCUT2D eigenvalue weighted by molar-refractivity contribution is 0.0708. The van der Waals surface area contributed by atoms with E-state index >= 15 is 0 Å². The maximum absolute atomic E-state index is 13.2. The lowest BCUT2D eigenvalue weighted by Gasteiger charge is -2.39. The molecule has 30 heavy (non-hydrogen) atoms. The van der Waals surface area contributed by atoms with Crippen molar-refractivity contribution in [3.8, 4) is 6.07 Å². The summed E-state index contributed by atoms with van der Waals surface area (Å²) in [6, 6.07) is 16.0. The van der Waals surface area contributed by atoms with Gasteiger partial charge in [-0.15, -0.1) is 0 Å². The van der Waals surface area contributed by atoms with Crippen LogP contribution in [0.5, 0.6) is 0 Å². The van der Waals surface area contributed by atoms with Gasteiger partial charge in [0.1, 0.15) is 0 Å². The van der Waals surface area contributed by atoms with E-state index in [1.165, 1.54) is 0 Å². The average molecular weight is 402 g/mol. The summed E-state index contributed by atoms with van der Waals surface area (Å²) in [5.74, 6) is -0.212. The van der Waals surface area contributed by atoms with Crippen LogP contribution in [0.3, 0.4) is 0 Å². The summed E-state index contributed by atoms with van der Waals surface area (Å²) in [4.78, 5) is 27.7. The fourth-order valence-electron chi connectivity index (χ4n) is 5.49. The molecular weight excluding hydrogens is 374 g/mol. The minimum Gasteiger partial charge on any atom is -0.335 e. The van der Waals surface area contributed by atoms with Crippen molar-refractivity contribution in [3.05, 3.63) is 65.2 Å². The normalized spacial score (nSPS) is 24.2. The SMILES string of the molecule is CC1(C)CC2CC(C)(CN2C(=O)c2ccc(NC(=O)c3cccc(C#N)c3)cc2)C1. The number of likely N-dealkylation sites (tertiary alicyclic amines) is 1. The van der Waals surface area contributed by atoms with Gasteiger partial charge in [0, 0.05) is 29.4 Å². The molecule has 1 saturated heterocycles. The topological polar surface area (TPSA) is 73.2 Å². The predicted molar refractivity (Wildman–Crippen MR) is 116 cm³/mol. The van der Waals surface area contributed by atoms with E-state index in [-0.39, 0.29) is 22.6 Å². The van der Waals surface area contributed by atoms with Crippen LogP contribution in [-0.2, 0) is 0 Å². The summed E-state index contributed by atoms with van der Waals surface area (Å²) in [6.45, 7) is 7.71. The molecule has 1 aliphatic carbocycles. The van der Waals surface area contributed by atoms with Crippen molar-refractivity contribution in [3.63, 3.8) is 0 Å². The van der Waals surface area contributed by atoms with Gasteiger partial charge in [-0.05, 0) is 72.6 Å². The summed E-state index contributed by atoms with van der Waals surface area (Å²) in [6.07, 6.45) is 3.28. The summed E-state index contributed by atoms with van der Waals surface area (Å²) in [5, 5.41) is 11.8. The van der Waals surface area contributed by atoms with Gasteiger partial charge in [0.15, 0.2) is 0 Å². The highest BCUT2D eigenvalue weighted by Gasteiger charge is 2.50. The molecule has 0 radical (unpaired) electrons. The van der Waals surface area contributed by atoms with E-state index in [0.717, 1.165) is 25.8 Å². The first-order valence-electron chi connectivity index (χ1n) is 10.4. The zero-order chi connectivity index (χ0) is 21.5. The minimum atomic E-state index is -0.283. The standard InChI is InChI=1S/C25H27N3O2/c1-24(2)12-21-13-25(3,15-24)16-28(21)23(30)18-7-9-20(10-8-18)27-22(29)19-6-4-5-17(11-19)14-26/h4-11,21H,12-13,15-16H2,1-3H3,(H,27,29). The van der Waals surface area contributed by atoms with Crippen molar-refractivity contribution in [2.24, 2.45) is 10.8 Å². The third-order valence-electron chi connectivity index (χ3n) is 6.32.